The van der Waals surface area contributed by atoms with Gasteiger partial charge in [0.15, 0.2) is 5.16 Å². The van der Waals surface area contributed by atoms with Crippen molar-refractivity contribution in [1.82, 2.24) is 14.8 Å². The number of carbonyl (C=O) groups excluding carboxylic acids is 1. The molecule has 3 aromatic rings. The molecule has 1 atom stereocenters. The number of halogens is 1. The van der Waals surface area contributed by atoms with Crippen molar-refractivity contribution >= 4 is 35.0 Å². The number of carbonyl (C=O) groups is 1. The molecule has 1 N–H and O–H groups in total. The Bertz CT molecular complexity index is 1010. The molecule has 6 nitrogen and oxygen atoms in total. The molecular weight excluding hydrogens is 396 g/mol. The summed E-state index contributed by atoms with van der Waals surface area (Å²) in [6, 6.07) is 11.3. The Balaban J connectivity index is 1.77. The van der Waals surface area contributed by atoms with Crippen LogP contribution in [0.1, 0.15) is 18.1 Å². The maximum atomic E-state index is 12.7. The highest BCUT2D eigenvalue weighted by Gasteiger charge is 2.20. The highest BCUT2D eigenvalue weighted by molar-refractivity contribution is 8.00. The van der Waals surface area contributed by atoms with Crippen molar-refractivity contribution in [2.24, 2.45) is 0 Å². The van der Waals surface area contributed by atoms with Crippen LogP contribution in [-0.4, -0.2) is 33.0 Å². The summed E-state index contributed by atoms with van der Waals surface area (Å²) in [5, 5.41) is 11.8. The van der Waals surface area contributed by atoms with Gasteiger partial charge in [-0.3, -0.25) is 9.36 Å². The highest BCUT2D eigenvalue weighted by atomic mass is 35.5. The van der Waals surface area contributed by atoms with Gasteiger partial charge in [-0.25, -0.2) is 0 Å². The molecule has 0 aliphatic heterocycles. The van der Waals surface area contributed by atoms with Crippen LogP contribution in [-0.2, 0) is 4.79 Å². The molecule has 2 aromatic carbocycles. The number of thioether (sulfide) groups is 1. The van der Waals surface area contributed by atoms with Crippen molar-refractivity contribution in [3.8, 4) is 11.4 Å². The number of hydrogen-bond donors (Lipinski definition) is 1. The van der Waals surface area contributed by atoms with Crippen molar-refractivity contribution in [1.29, 1.82) is 0 Å². The number of rotatable bonds is 6. The van der Waals surface area contributed by atoms with Crippen molar-refractivity contribution in [3.63, 3.8) is 0 Å². The summed E-state index contributed by atoms with van der Waals surface area (Å²) in [5.74, 6) is 0.370. The highest BCUT2D eigenvalue weighted by Crippen LogP contribution is 2.30. The maximum absolute atomic E-state index is 12.7. The van der Waals surface area contributed by atoms with E-state index in [9.17, 15) is 4.79 Å². The zero-order valence-corrected chi connectivity index (χ0v) is 17.6. The monoisotopic (exact) mass is 416 g/mol. The maximum Gasteiger partial charge on any atom is 0.237 e. The summed E-state index contributed by atoms with van der Waals surface area (Å²) >= 11 is 7.37. The van der Waals surface area contributed by atoms with E-state index in [1.807, 2.05) is 30.5 Å². The first kappa shape index (κ1) is 20.2. The minimum absolute atomic E-state index is 0.180. The lowest BCUT2D eigenvalue weighted by Crippen LogP contribution is -2.23. The Labute approximate surface area is 173 Å². The van der Waals surface area contributed by atoms with Gasteiger partial charge in [-0.05, 0) is 50.6 Å². The third-order valence-corrected chi connectivity index (χ3v) is 5.49. The summed E-state index contributed by atoms with van der Waals surface area (Å²) in [6.07, 6.45) is 1.66. The first-order valence-corrected chi connectivity index (χ1v) is 9.93. The Morgan fingerprint density at radius 2 is 2.04 bits per heavy atom. The Morgan fingerprint density at radius 1 is 1.25 bits per heavy atom. The molecule has 0 fully saturated rings. The SMILES string of the molecule is COc1ccc(Cl)cc1NC(=O)C(C)Sc1nncn1-c1ccc(C)cc1C. The molecule has 8 heteroatoms. The Hall–Kier alpha value is -2.51. The van der Waals surface area contributed by atoms with Crippen molar-refractivity contribution in [2.45, 2.75) is 31.2 Å². The van der Waals surface area contributed by atoms with Gasteiger partial charge in [0.05, 0.1) is 23.7 Å². The fraction of sp³-hybridized carbons (Fsp3) is 0.250. The van der Waals surface area contributed by atoms with Crippen molar-refractivity contribution in [3.05, 3.63) is 58.9 Å². The standard InChI is InChI=1S/C20H21ClN4O2S/c1-12-5-7-17(13(2)9-12)25-11-22-24-20(25)28-14(3)19(26)23-16-10-15(21)6-8-18(16)27-4/h5-11,14H,1-4H3,(H,23,26). The van der Waals surface area contributed by atoms with Gasteiger partial charge in [-0.1, -0.05) is 41.1 Å². The van der Waals surface area contributed by atoms with Gasteiger partial charge >= 0.3 is 0 Å². The van der Waals surface area contributed by atoms with E-state index in [2.05, 4.69) is 28.5 Å². The fourth-order valence-electron chi connectivity index (χ4n) is 2.77. The van der Waals surface area contributed by atoms with Gasteiger partial charge in [-0.15, -0.1) is 10.2 Å². The van der Waals surface area contributed by atoms with Crippen LogP contribution in [0.4, 0.5) is 5.69 Å². The fourth-order valence-corrected chi connectivity index (χ4v) is 3.78. The molecule has 3 rings (SSSR count). The molecule has 0 spiro atoms. The summed E-state index contributed by atoms with van der Waals surface area (Å²) in [6.45, 7) is 5.91. The van der Waals surface area contributed by atoms with Crippen LogP contribution in [0.15, 0.2) is 47.9 Å². The normalized spacial score (nSPS) is 11.9. The summed E-state index contributed by atoms with van der Waals surface area (Å²) in [4.78, 5) is 12.7. The number of nitrogens with zero attached hydrogens (tertiary/aromatic N) is 3. The van der Waals surface area contributed by atoms with E-state index in [1.165, 1.54) is 17.3 Å². The lowest BCUT2D eigenvalue weighted by Gasteiger charge is -2.15. The second-order valence-electron chi connectivity index (χ2n) is 6.37. The molecule has 0 aliphatic carbocycles. The predicted octanol–water partition coefficient (Wildman–Crippen LogP) is 4.67. The molecule has 1 amide bonds. The largest absolute Gasteiger partial charge is 0.495 e. The Kier molecular flexibility index (Phi) is 6.26. The van der Waals surface area contributed by atoms with E-state index in [1.54, 1.807) is 31.6 Å². The lowest BCUT2D eigenvalue weighted by molar-refractivity contribution is -0.115. The van der Waals surface area contributed by atoms with Gasteiger partial charge in [-0.2, -0.15) is 0 Å². The van der Waals surface area contributed by atoms with Crippen LogP contribution >= 0.6 is 23.4 Å². The summed E-state index contributed by atoms with van der Waals surface area (Å²) < 4.78 is 7.17. The number of aromatic nitrogens is 3. The van der Waals surface area contributed by atoms with Gasteiger partial charge in [0.1, 0.15) is 12.1 Å². The van der Waals surface area contributed by atoms with Gasteiger partial charge in [0, 0.05) is 5.02 Å². The molecule has 0 bridgehead atoms. The first-order valence-electron chi connectivity index (χ1n) is 8.67. The predicted molar refractivity (Wildman–Crippen MR) is 113 cm³/mol. The number of anilines is 1. The first-order chi connectivity index (χ1) is 13.4. The van der Waals surface area contributed by atoms with E-state index in [-0.39, 0.29) is 5.91 Å². The topological polar surface area (TPSA) is 69.0 Å². The zero-order chi connectivity index (χ0) is 20.3. The van der Waals surface area contributed by atoms with Crippen LogP contribution < -0.4 is 10.1 Å². The summed E-state index contributed by atoms with van der Waals surface area (Å²) in [7, 11) is 1.55. The number of aryl methyl sites for hydroxylation is 2. The van der Waals surface area contributed by atoms with E-state index in [0.29, 0.717) is 21.6 Å². The minimum atomic E-state index is -0.405. The molecule has 1 unspecified atom stereocenters. The smallest absolute Gasteiger partial charge is 0.237 e. The lowest BCUT2D eigenvalue weighted by atomic mass is 10.1. The summed E-state index contributed by atoms with van der Waals surface area (Å²) in [5.41, 5.74) is 3.82. The average Bonchev–Trinajstić information content (AvgIpc) is 3.09. The molecule has 0 aliphatic rings. The van der Waals surface area contributed by atoms with Crippen LogP contribution in [0.25, 0.3) is 5.69 Å². The van der Waals surface area contributed by atoms with Crippen LogP contribution in [0.5, 0.6) is 5.75 Å². The van der Waals surface area contributed by atoms with Crippen LogP contribution in [0.3, 0.4) is 0 Å². The number of hydrogen-bond acceptors (Lipinski definition) is 5. The van der Waals surface area contributed by atoms with E-state index < -0.39 is 5.25 Å². The molecule has 146 valence electrons. The number of benzene rings is 2. The molecule has 28 heavy (non-hydrogen) atoms. The van der Waals surface area contributed by atoms with E-state index in [0.717, 1.165) is 11.3 Å². The number of methoxy groups -OCH3 is 1. The zero-order valence-electron chi connectivity index (χ0n) is 16.1. The van der Waals surface area contributed by atoms with Crippen molar-refractivity contribution in [2.75, 3.05) is 12.4 Å². The molecule has 0 radical (unpaired) electrons. The van der Waals surface area contributed by atoms with E-state index >= 15 is 0 Å². The third-order valence-electron chi connectivity index (χ3n) is 4.20. The molecule has 0 saturated heterocycles. The quantitative estimate of drug-likeness (QED) is 0.591. The molecule has 1 aromatic heterocycles. The number of amides is 1. The molecular formula is C20H21ClN4O2S. The van der Waals surface area contributed by atoms with Gasteiger partial charge in [0.25, 0.3) is 0 Å². The number of ether oxygens (including phenoxy) is 1. The second-order valence-corrected chi connectivity index (χ2v) is 8.11. The van der Waals surface area contributed by atoms with Crippen LogP contribution in [0.2, 0.25) is 5.02 Å². The van der Waals surface area contributed by atoms with Crippen molar-refractivity contribution < 1.29 is 9.53 Å². The third kappa shape index (κ3) is 4.48. The average molecular weight is 417 g/mol. The van der Waals surface area contributed by atoms with Gasteiger partial charge < -0.3 is 10.1 Å². The minimum Gasteiger partial charge on any atom is -0.495 e. The van der Waals surface area contributed by atoms with Gasteiger partial charge in [0.2, 0.25) is 5.91 Å². The van der Waals surface area contributed by atoms with E-state index in [4.69, 9.17) is 16.3 Å². The van der Waals surface area contributed by atoms with Crippen LogP contribution in [0, 0.1) is 13.8 Å². The molecule has 0 saturated carbocycles. The Morgan fingerprint density at radius 3 is 2.75 bits per heavy atom. The second kappa shape index (κ2) is 8.67. The number of nitrogens with one attached hydrogen (secondary N) is 1. The molecule has 1 heterocycles.